The topological polar surface area (TPSA) is 49.3 Å². The number of carbonyl (C=O) groups excluding carboxylic acids is 1. The van der Waals surface area contributed by atoms with Gasteiger partial charge in [-0.1, -0.05) is 0 Å². The van der Waals surface area contributed by atoms with Crippen molar-refractivity contribution in [3.63, 3.8) is 0 Å². The Morgan fingerprint density at radius 2 is 2.05 bits per heavy atom. The number of likely N-dealkylation sites (tertiary alicyclic amines) is 1. The van der Waals surface area contributed by atoms with Crippen LogP contribution in [0.5, 0.6) is 0 Å². The molecule has 2 aromatic rings. The van der Waals surface area contributed by atoms with Gasteiger partial charge in [0.15, 0.2) is 0 Å². The molecule has 2 aliphatic heterocycles. The van der Waals surface area contributed by atoms with E-state index in [9.17, 15) is 4.79 Å². The summed E-state index contributed by atoms with van der Waals surface area (Å²) in [6, 6.07) is 2.78. The van der Waals surface area contributed by atoms with Gasteiger partial charge in [-0.05, 0) is 37.1 Å². The van der Waals surface area contributed by atoms with Crippen LogP contribution < -0.4 is 4.90 Å². The molecule has 1 amide bonds. The first kappa shape index (κ1) is 13.9. The van der Waals surface area contributed by atoms with Crippen molar-refractivity contribution < 1.29 is 4.79 Å². The number of fused-ring (bicyclic) bond motifs is 1. The average Bonchev–Trinajstić information content (AvgIpc) is 3.25. The van der Waals surface area contributed by atoms with Gasteiger partial charge in [0.2, 0.25) is 5.91 Å². The van der Waals surface area contributed by atoms with E-state index in [1.165, 1.54) is 11.1 Å². The van der Waals surface area contributed by atoms with Crippen LogP contribution in [0.15, 0.2) is 17.8 Å². The van der Waals surface area contributed by atoms with Crippen LogP contribution in [0.25, 0.3) is 10.2 Å². The molecule has 2 atom stereocenters. The van der Waals surface area contributed by atoms with Gasteiger partial charge in [-0.25, -0.2) is 9.97 Å². The minimum atomic E-state index is 0.207. The minimum Gasteiger partial charge on any atom is -0.350 e. The molecule has 6 heteroatoms. The molecule has 0 radical (unpaired) electrons. The Labute approximate surface area is 134 Å². The fraction of sp³-hybridized carbons (Fsp3) is 0.562. The van der Waals surface area contributed by atoms with Crippen molar-refractivity contribution in [3.8, 4) is 0 Å². The maximum absolute atomic E-state index is 11.9. The van der Waals surface area contributed by atoms with Crippen LogP contribution in [-0.2, 0) is 4.79 Å². The molecule has 0 unspecified atom stereocenters. The van der Waals surface area contributed by atoms with Gasteiger partial charge >= 0.3 is 0 Å². The zero-order valence-corrected chi connectivity index (χ0v) is 13.6. The first-order chi connectivity index (χ1) is 10.8. The maximum Gasteiger partial charge on any atom is 0.219 e. The van der Waals surface area contributed by atoms with Crippen molar-refractivity contribution >= 4 is 33.3 Å². The van der Waals surface area contributed by atoms with Gasteiger partial charge in [-0.2, -0.15) is 0 Å². The number of carbonyl (C=O) groups is 1. The third-order valence-corrected chi connectivity index (χ3v) is 5.84. The molecule has 116 valence electrons. The number of amides is 1. The van der Waals surface area contributed by atoms with Crippen LogP contribution in [0.4, 0.5) is 5.82 Å². The number of hydrogen-bond donors (Lipinski definition) is 0. The summed E-state index contributed by atoms with van der Waals surface area (Å²) in [4.78, 5) is 25.3. The van der Waals surface area contributed by atoms with Crippen molar-refractivity contribution in [2.24, 2.45) is 0 Å². The molecular weight excluding hydrogens is 296 g/mol. The number of thiophene rings is 1. The molecule has 2 aliphatic rings. The van der Waals surface area contributed by atoms with E-state index in [1.54, 1.807) is 24.6 Å². The number of aromatic nitrogens is 2. The Balaban J connectivity index is 1.69. The summed E-state index contributed by atoms with van der Waals surface area (Å²) in [7, 11) is 0. The van der Waals surface area contributed by atoms with Gasteiger partial charge in [-0.15, -0.1) is 11.3 Å². The van der Waals surface area contributed by atoms with Crippen molar-refractivity contribution in [2.75, 3.05) is 18.0 Å². The molecule has 4 heterocycles. The van der Waals surface area contributed by atoms with Crippen LogP contribution in [0.3, 0.4) is 0 Å². The normalized spacial score (nSPS) is 25.3. The summed E-state index contributed by atoms with van der Waals surface area (Å²) in [5, 5.41) is 2.07. The Hall–Kier alpha value is -1.69. The molecule has 0 N–H and O–H groups in total. The molecule has 5 nitrogen and oxygen atoms in total. The highest BCUT2D eigenvalue weighted by Crippen LogP contribution is 2.36. The second-order valence-electron chi connectivity index (χ2n) is 6.16. The van der Waals surface area contributed by atoms with Crippen molar-refractivity contribution in [3.05, 3.63) is 17.8 Å². The lowest BCUT2D eigenvalue weighted by Gasteiger charge is -2.35. The average molecular weight is 316 g/mol. The van der Waals surface area contributed by atoms with E-state index in [0.29, 0.717) is 12.1 Å². The number of rotatable bonds is 2. The molecular formula is C16H20N4OS. The minimum absolute atomic E-state index is 0.207. The summed E-state index contributed by atoms with van der Waals surface area (Å²) in [5.41, 5.74) is 1.02. The van der Waals surface area contributed by atoms with Crippen LogP contribution in [0.2, 0.25) is 0 Å². The van der Waals surface area contributed by atoms with Crippen molar-refractivity contribution in [1.29, 1.82) is 0 Å². The van der Waals surface area contributed by atoms with Crippen LogP contribution in [-0.4, -0.2) is 45.9 Å². The standard InChI is InChI=1S/C16H20N4OS/c1-11(21)19-7-2-4-13(19)14-5-3-8-20(14)16-15-12(6-9-22-15)17-10-18-16/h6,9-10,13-14H,2-5,7-8H2,1H3/t13-,14+/m0/s1. The lowest BCUT2D eigenvalue weighted by Crippen LogP contribution is -2.48. The maximum atomic E-state index is 11.9. The third kappa shape index (κ3) is 2.17. The van der Waals surface area contributed by atoms with Gasteiger partial charge in [-0.3, -0.25) is 4.79 Å². The van der Waals surface area contributed by atoms with Crippen molar-refractivity contribution in [2.45, 2.75) is 44.7 Å². The Morgan fingerprint density at radius 3 is 2.91 bits per heavy atom. The van der Waals surface area contributed by atoms with Crippen LogP contribution >= 0.6 is 11.3 Å². The number of anilines is 1. The Bertz CT molecular complexity index is 700. The summed E-state index contributed by atoms with van der Waals surface area (Å²) in [5.74, 6) is 1.26. The Morgan fingerprint density at radius 1 is 1.23 bits per heavy atom. The Kier molecular flexibility index (Phi) is 3.48. The first-order valence-corrected chi connectivity index (χ1v) is 8.86. The second kappa shape index (κ2) is 5.50. The fourth-order valence-electron chi connectivity index (χ4n) is 4.02. The zero-order valence-electron chi connectivity index (χ0n) is 12.7. The molecule has 22 heavy (non-hydrogen) atoms. The molecule has 0 bridgehead atoms. The summed E-state index contributed by atoms with van der Waals surface area (Å²) in [6.07, 6.45) is 6.21. The molecule has 2 saturated heterocycles. The molecule has 0 aliphatic carbocycles. The number of hydrogen-bond acceptors (Lipinski definition) is 5. The van der Waals surface area contributed by atoms with E-state index in [0.717, 1.165) is 43.7 Å². The third-order valence-electron chi connectivity index (χ3n) is 4.94. The summed E-state index contributed by atoms with van der Waals surface area (Å²) in [6.45, 7) is 3.62. The predicted molar refractivity (Wildman–Crippen MR) is 88.2 cm³/mol. The van der Waals surface area contributed by atoms with E-state index >= 15 is 0 Å². The molecule has 2 aromatic heterocycles. The quantitative estimate of drug-likeness (QED) is 0.855. The lowest BCUT2D eigenvalue weighted by molar-refractivity contribution is -0.129. The highest BCUT2D eigenvalue weighted by molar-refractivity contribution is 7.17. The van der Waals surface area contributed by atoms with E-state index in [-0.39, 0.29) is 5.91 Å². The van der Waals surface area contributed by atoms with E-state index in [2.05, 4.69) is 25.1 Å². The van der Waals surface area contributed by atoms with E-state index in [4.69, 9.17) is 0 Å². The number of nitrogens with zero attached hydrogens (tertiary/aromatic N) is 4. The van der Waals surface area contributed by atoms with Gasteiger partial charge in [0.25, 0.3) is 0 Å². The highest BCUT2D eigenvalue weighted by Gasteiger charge is 2.39. The molecule has 0 aromatic carbocycles. The first-order valence-electron chi connectivity index (χ1n) is 7.98. The molecule has 0 saturated carbocycles. The van der Waals surface area contributed by atoms with Gasteiger partial charge in [0, 0.05) is 20.0 Å². The van der Waals surface area contributed by atoms with E-state index < -0.39 is 0 Å². The summed E-state index contributed by atoms with van der Waals surface area (Å²) < 4.78 is 1.17. The predicted octanol–water partition coefficient (Wildman–Crippen LogP) is 2.67. The zero-order chi connectivity index (χ0) is 15.1. The van der Waals surface area contributed by atoms with Crippen LogP contribution in [0.1, 0.15) is 32.6 Å². The molecule has 4 rings (SSSR count). The van der Waals surface area contributed by atoms with Gasteiger partial charge in [0.1, 0.15) is 12.1 Å². The van der Waals surface area contributed by atoms with Gasteiger partial charge in [0.05, 0.1) is 22.3 Å². The monoisotopic (exact) mass is 316 g/mol. The van der Waals surface area contributed by atoms with Crippen molar-refractivity contribution in [1.82, 2.24) is 14.9 Å². The SMILES string of the molecule is CC(=O)N1CCC[C@H]1[C@H]1CCCN1c1ncnc2ccsc12. The van der Waals surface area contributed by atoms with Gasteiger partial charge < -0.3 is 9.80 Å². The smallest absolute Gasteiger partial charge is 0.219 e. The van der Waals surface area contributed by atoms with Crippen LogP contribution in [0, 0.1) is 0 Å². The molecule has 0 spiro atoms. The second-order valence-corrected chi connectivity index (χ2v) is 7.07. The summed E-state index contributed by atoms with van der Waals surface area (Å²) >= 11 is 1.71. The largest absolute Gasteiger partial charge is 0.350 e. The fourth-order valence-corrected chi connectivity index (χ4v) is 4.87. The lowest BCUT2D eigenvalue weighted by atomic mass is 10.0. The highest BCUT2D eigenvalue weighted by atomic mass is 32.1. The molecule has 2 fully saturated rings. The van der Waals surface area contributed by atoms with E-state index in [1.807, 2.05) is 6.07 Å².